The number of carbonyl (C=O) groups excluding carboxylic acids is 1. The minimum absolute atomic E-state index is 0.0179. The van der Waals surface area contributed by atoms with Crippen LogP contribution in [0, 0.1) is 41.3 Å². The maximum Gasteiger partial charge on any atom is 0.314 e. The minimum atomic E-state index is -0.540. The summed E-state index contributed by atoms with van der Waals surface area (Å²) in [5.41, 5.74) is 0. The van der Waals surface area contributed by atoms with Crippen molar-refractivity contribution >= 4 is 5.97 Å². The molecule has 1 aromatic rings. The van der Waals surface area contributed by atoms with E-state index in [0.717, 1.165) is 37.0 Å². The fourth-order valence-corrected chi connectivity index (χ4v) is 6.66. The summed E-state index contributed by atoms with van der Waals surface area (Å²) < 4.78 is 24.8. The lowest BCUT2D eigenvalue weighted by Gasteiger charge is -2.46. The van der Waals surface area contributed by atoms with Crippen LogP contribution >= 0.6 is 0 Å². The Morgan fingerprint density at radius 2 is 1.77 bits per heavy atom. The Hall–Kier alpha value is -1.58. The van der Waals surface area contributed by atoms with Gasteiger partial charge in [-0.05, 0) is 80.2 Å². The van der Waals surface area contributed by atoms with Gasteiger partial charge in [-0.15, -0.1) is 0 Å². The quantitative estimate of drug-likeness (QED) is 0.392. The maximum absolute atomic E-state index is 14.3. The monoisotopic (exact) mass is 416 g/mol. The van der Waals surface area contributed by atoms with Gasteiger partial charge in [-0.3, -0.25) is 4.79 Å². The van der Waals surface area contributed by atoms with E-state index in [-0.39, 0.29) is 17.6 Å². The van der Waals surface area contributed by atoms with Crippen LogP contribution in [0.1, 0.15) is 77.6 Å². The van der Waals surface area contributed by atoms with E-state index in [4.69, 9.17) is 9.47 Å². The van der Waals surface area contributed by atoms with Crippen molar-refractivity contribution in [2.24, 2.45) is 35.5 Å². The fraction of sp³-hybridized carbons (Fsp3) is 0.731. The van der Waals surface area contributed by atoms with E-state index < -0.39 is 5.82 Å². The van der Waals surface area contributed by atoms with Gasteiger partial charge in [0.1, 0.15) is 5.75 Å². The van der Waals surface area contributed by atoms with E-state index in [1.165, 1.54) is 70.6 Å². The first-order valence-electron chi connectivity index (χ1n) is 12.1. The second-order valence-corrected chi connectivity index (χ2v) is 9.94. The fourth-order valence-electron chi connectivity index (χ4n) is 6.66. The third kappa shape index (κ3) is 4.68. The Kier molecular flexibility index (Phi) is 7.00. The lowest BCUT2D eigenvalue weighted by molar-refractivity contribution is -0.144. The standard InChI is InChI=1S/C26H37FO3/c1-3-17-7-9-18(10-8-17)19-11-13-22-20(15-19)5-4-6-23(22)26(28)30-25-14-12-21(29-2)16-24(25)27/h12,14,16-20,22-23H,3-11,13,15H2,1-2H3. The highest BCUT2D eigenvalue weighted by Gasteiger charge is 2.43. The molecule has 3 aliphatic rings. The van der Waals surface area contributed by atoms with E-state index in [1.807, 2.05) is 0 Å². The number of methoxy groups -OCH3 is 1. The molecule has 3 fully saturated rings. The van der Waals surface area contributed by atoms with Crippen molar-refractivity contribution in [2.45, 2.75) is 77.6 Å². The highest BCUT2D eigenvalue weighted by Crippen LogP contribution is 2.50. The summed E-state index contributed by atoms with van der Waals surface area (Å²) in [5, 5.41) is 0. The molecule has 30 heavy (non-hydrogen) atoms. The first-order chi connectivity index (χ1) is 14.6. The molecule has 0 spiro atoms. The number of benzene rings is 1. The summed E-state index contributed by atoms with van der Waals surface area (Å²) in [7, 11) is 1.49. The highest BCUT2D eigenvalue weighted by atomic mass is 19.1. The van der Waals surface area contributed by atoms with Crippen LogP contribution in [-0.2, 0) is 4.79 Å². The minimum Gasteiger partial charge on any atom is -0.497 e. The van der Waals surface area contributed by atoms with Crippen LogP contribution in [0.4, 0.5) is 4.39 Å². The van der Waals surface area contributed by atoms with Gasteiger partial charge < -0.3 is 9.47 Å². The van der Waals surface area contributed by atoms with E-state index in [1.54, 1.807) is 6.07 Å². The Labute approximate surface area is 180 Å². The molecular weight excluding hydrogens is 379 g/mol. The van der Waals surface area contributed by atoms with E-state index >= 15 is 0 Å². The molecule has 0 aliphatic heterocycles. The molecule has 4 rings (SSSR count). The molecule has 0 heterocycles. The van der Waals surface area contributed by atoms with Gasteiger partial charge in [0.15, 0.2) is 11.6 Å². The lowest BCUT2D eigenvalue weighted by atomic mass is 9.59. The highest BCUT2D eigenvalue weighted by molar-refractivity contribution is 5.75. The van der Waals surface area contributed by atoms with Crippen molar-refractivity contribution in [3.8, 4) is 11.5 Å². The molecule has 0 saturated heterocycles. The number of hydrogen-bond donors (Lipinski definition) is 0. The Morgan fingerprint density at radius 3 is 2.47 bits per heavy atom. The molecular formula is C26H37FO3. The number of carbonyl (C=O) groups is 1. The zero-order valence-electron chi connectivity index (χ0n) is 18.6. The van der Waals surface area contributed by atoms with E-state index in [2.05, 4.69) is 6.92 Å². The average molecular weight is 417 g/mol. The van der Waals surface area contributed by atoms with Crippen LogP contribution in [0.3, 0.4) is 0 Å². The van der Waals surface area contributed by atoms with Crippen LogP contribution in [0.2, 0.25) is 0 Å². The van der Waals surface area contributed by atoms with Crippen LogP contribution in [0.5, 0.6) is 11.5 Å². The average Bonchev–Trinajstić information content (AvgIpc) is 2.79. The summed E-state index contributed by atoms with van der Waals surface area (Å²) in [6, 6.07) is 4.40. The summed E-state index contributed by atoms with van der Waals surface area (Å²) >= 11 is 0. The second-order valence-electron chi connectivity index (χ2n) is 9.94. The van der Waals surface area contributed by atoms with Crippen molar-refractivity contribution < 1.29 is 18.7 Å². The Balaban J connectivity index is 1.36. The maximum atomic E-state index is 14.3. The molecule has 0 aromatic heterocycles. The largest absolute Gasteiger partial charge is 0.497 e. The Morgan fingerprint density at radius 1 is 1.00 bits per heavy atom. The zero-order valence-corrected chi connectivity index (χ0v) is 18.6. The summed E-state index contributed by atoms with van der Waals surface area (Å²) in [4.78, 5) is 13.0. The smallest absolute Gasteiger partial charge is 0.314 e. The Bertz CT molecular complexity index is 725. The molecule has 166 valence electrons. The van der Waals surface area contributed by atoms with E-state index in [9.17, 15) is 9.18 Å². The van der Waals surface area contributed by atoms with Gasteiger partial charge in [0.2, 0.25) is 0 Å². The normalized spacial score (nSPS) is 34.1. The van der Waals surface area contributed by atoms with Crippen LogP contribution in [-0.4, -0.2) is 13.1 Å². The molecule has 3 saturated carbocycles. The van der Waals surface area contributed by atoms with Crippen LogP contribution in [0.25, 0.3) is 0 Å². The molecule has 0 N–H and O–H groups in total. The number of ether oxygens (including phenoxy) is 2. The van der Waals surface area contributed by atoms with Gasteiger partial charge in [0.25, 0.3) is 0 Å². The molecule has 4 heteroatoms. The van der Waals surface area contributed by atoms with Gasteiger partial charge in [-0.25, -0.2) is 4.39 Å². The molecule has 0 amide bonds. The molecule has 4 unspecified atom stereocenters. The van der Waals surface area contributed by atoms with Crippen molar-refractivity contribution in [3.05, 3.63) is 24.0 Å². The number of fused-ring (bicyclic) bond motifs is 1. The lowest BCUT2D eigenvalue weighted by Crippen LogP contribution is -2.40. The number of esters is 1. The molecule has 3 aliphatic carbocycles. The van der Waals surface area contributed by atoms with Crippen LogP contribution < -0.4 is 9.47 Å². The van der Waals surface area contributed by atoms with Gasteiger partial charge in [-0.1, -0.05) is 39.0 Å². The van der Waals surface area contributed by atoms with Crippen molar-refractivity contribution in [1.82, 2.24) is 0 Å². The van der Waals surface area contributed by atoms with Crippen LogP contribution in [0.15, 0.2) is 18.2 Å². The first-order valence-corrected chi connectivity index (χ1v) is 12.1. The first kappa shape index (κ1) is 21.6. The molecule has 0 bridgehead atoms. The molecule has 0 radical (unpaired) electrons. The summed E-state index contributed by atoms with van der Waals surface area (Å²) in [6.07, 6.45) is 13.8. The van der Waals surface area contributed by atoms with Crippen molar-refractivity contribution in [2.75, 3.05) is 7.11 Å². The predicted octanol–water partition coefficient (Wildman–Crippen LogP) is 6.79. The van der Waals surface area contributed by atoms with Crippen molar-refractivity contribution in [3.63, 3.8) is 0 Å². The second kappa shape index (κ2) is 9.70. The third-order valence-electron chi connectivity index (χ3n) is 8.48. The SMILES string of the molecule is CCC1CCC(C2CCC3C(CCCC3C(=O)Oc3ccc(OC)cc3F)C2)CC1. The van der Waals surface area contributed by atoms with Gasteiger partial charge in [0.05, 0.1) is 13.0 Å². The summed E-state index contributed by atoms with van der Waals surface area (Å²) in [6.45, 7) is 2.33. The molecule has 1 aromatic carbocycles. The topological polar surface area (TPSA) is 35.5 Å². The van der Waals surface area contributed by atoms with E-state index in [0.29, 0.717) is 17.6 Å². The zero-order chi connectivity index (χ0) is 21.1. The number of halogens is 1. The van der Waals surface area contributed by atoms with Crippen molar-refractivity contribution in [1.29, 1.82) is 0 Å². The van der Waals surface area contributed by atoms with Gasteiger partial charge >= 0.3 is 5.97 Å². The molecule has 4 atom stereocenters. The predicted molar refractivity (Wildman–Crippen MR) is 116 cm³/mol. The summed E-state index contributed by atoms with van der Waals surface area (Å²) in [5.74, 6) is 3.33. The number of rotatable bonds is 5. The van der Waals surface area contributed by atoms with Gasteiger partial charge in [-0.2, -0.15) is 0 Å². The molecule has 3 nitrogen and oxygen atoms in total. The van der Waals surface area contributed by atoms with Gasteiger partial charge in [0, 0.05) is 6.07 Å². The third-order valence-corrected chi connectivity index (χ3v) is 8.48. The number of hydrogen-bond acceptors (Lipinski definition) is 3.